The number of nitrogens with two attached hydrogens (primary N) is 1. The monoisotopic (exact) mass is 400 g/mol. The number of hydrogen-bond acceptors (Lipinski definition) is 4. The molecule has 0 bridgehead atoms. The number of hydrogen-bond donors (Lipinski definition) is 2. The Hall–Kier alpha value is -1.10. The molecule has 114 valence electrons. The Labute approximate surface area is 131 Å². The molecular formula is C11H8BrF3N2O2S2. The van der Waals surface area contributed by atoms with Gasteiger partial charge in [0.15, 0.2) is 11.6 Å². The van der Waals surface area contributed by atoms with Gasteiger partial charge in [0.25, 0.3) is 10.0 Å². The van der Waals surface area contributed by atoms with Crippen LogP contribution >= 0.6 is 27.3 Å². The van der Waals surface area contributed by atoms with Gasteiger partial charge in [-0.15, -0.1) is 11.3 Å². The third kappa shape index (κ3) is 3.39. The summed E-state index contributed by atoms with van der Waals surface area (Å²) >= 11 is 4.15. The first-order valence-electron chi connectivity index (χ1n) is 5.40. The summed E-state index contributed by atoms with van der Waals surface area (Å²) in [6, 6.07) is 2.17. The summed E-state index contributed by atoms with van der Waals surface area (Å²) in [5, 5.41) is 0. The van der Waals surface area contributed by atoms with Gasteiger partial charge in [-0.05, 0) is 22.0 Å². The van der Waals surface area contributed by atoms with Gasteiger partial charge in [-0.3, -0.25) is 4.72 Å². The average molecular weight is 401 g/mol. The summed E-state index contributed by atoms with van der Waals surface area (Å²) in [5.74, 6) is -4.07. The zero-order valence-corrected chi connectivity index (χ0v) is 13.4. The second-order valence-electron chi connectivity index (χ2n) is 3.91. The maximum atomic E-state index is 13.5. The lowest BCUT2D eigenvalue weighted by Crippen LogP contribution is -2.14. The first-order valence-corrected chi connectivity index (χ1v) is 8.49. The Morgan fingerprint density at radius 3 is 2.48 bits per heavy atom. The standard InChI is InChI=1S/C11H8BrF3N2O2S2/c12-11-9(3-6(4-16)20-11)21(18,19)17-8-2-5(13)1-7(14)10(8)15/h1-3,17H,4,16H2. The molecule has 1 aromatic carbocycles. The van der Waals surface area contributed by atoms with Crippen molar-refractivity contribution in [1.82, 2.24) is 0 Å². The van der Waals surface area contributed by atoms with Crippen LogP contribution in [0.15, 0.2) is 26.9 Å². The van der Waals surface area contributed by atoms with Crippen molar-refractivity contribution in [3.63, 3.8) is 0 Å². The van der Waals surface area contributed by atoms with Crippen molar-refractivity contribution in [3.8, 4) is 0 Å². The highest BCUT2D eigenvalue weighted by Crippen LogP contribution is 2.33. The molecule has 0 aliphatic rings. The lowest BCUT2D eigenvalue weighted by molar-refractivity contribution is 0.498. The second kappa shape index (κ2) is 5.95. The van der Waals surface area contributed by atoms with E-state index < -0.39 is 33.2 Å². The molecule has 0 aliphatic heterocycles. The van der Waals surface area contributed by atoms with Crippen molar-refractivity contribution in [2.24, 2.45) is 5.73 Å². The largest absolute Gasteiger partial charge is 0.326 e. The first-order chi connectivity index (χ1) is 9.74. The summed E-state index contributed by atoms with van der Waals surface area (Å²) in [4.78, 5) is 0.394. The van der Waals surface area contributed by atoms with Gasteiger partial charge in [-0.25, -0.2) is 21.6 Å². The molecule has 0 saturated heterocycles. The van der Waals surface area contributed by atoms with Gasteiger partial charge in [0, 0.05) is 23.6 Å². The summed E-state index contributed by atoms with van der Waals surface area (Å²) in [6.07, 6.45) is 0. The molecule has 0 fully saturated rings. The van der Waals surface area contributed by atoms with Crippen molar-refractivity contribution in [2.75, 3.05) is 4.72 Å². The Bertz CT molecular complexity index is 793. The van der Waals surface area contributed by atoms with Gasteiger partial charge < -0.3 is 5.73 Å². The molecule has 0 aliphatic carbocycles. The van der Waals surface area contributed by atoms with E-state index in [1.807, 2.05) is 4.72 Å². The molecule has 10 heteroatoms. The van der Waals surface area contributed by atoms with Crippen LogP contribution < -0.4 is 10.5 Å². The molecule has 0 atom stereocenters. The highest BCUT2D eigenvalue weighted by molar-refractivity contribution is 9.11. The molecule has 1 heterocycles. The minimum Gasteiger partial charge on any atom is -0.326 e. The predicted octanol–water partition coefficient (Wildman–Crippen LogP) is 3.19. The summed E-state index contributed by atoms with van der Waals surface area (Å²) in [5.41, 5.74) is 4.60. The molecule has 0 spiro atoms. The summed E-state index contributed by atoms with van der Waals surface area (Å²) in [6.45, 7) is 0.127. The van der Waals surface area contributed by atoms with E-state index in [2.05, 4.69) is 15.9 Å². The fourth-order valence-electron chi connectivity index (χ4n) is 1.51. The normalized spacial score (nSPS) is 11.7. The van der Waals surface area contributed by atoms with Crippen LogP contribution in [0.5, 0.6) is 0 Å². The van der Waals surface area contributed by atoms with Gasteiger partial charge in [-0.2, -0.15) is 0 Å². The molecule has 2 rings (SSSR count). The number of rotatable bonds is 4. The van der Waals surface area contributed by atoms with E-state index >= 15 is 0 Å². The molecule has 2 aromatic rings. The Kier molecular flexibility index (Phi) is 4.61. The Morgan fingerprint density at radius 2 is 1.90 bits per heavy atom. The molecule has 21 heavy (non-hydrogen) atoms. The van der Waals surface area contributed by atoms with Gasteiger partial charge >= 0.3 is 0 Å². The summed E-state index contributed by atoms with van der Waals surface area (Å²) in [7, 11) is -4.20. The maximum Gasteiger partial charge on any atom is 0.263 e. The topological polar surface area (TPSA) is 72.2 Å². The quantitative estimate of drug-likeness (QED) is 0.774. The van der Waals surface area contributed by atoms with Crippen molar-refractivity contribution < 1.29 is 21.6 Å². The number of nitrogens with one attached hydrogen (secondary N) is 1. The van der Waals surface area contributed by atoms with E-state index in [1.54, 1.807) is 0 Å². The van der Waals surface area contributed by atoms with Gasteiger partial charge in [0.1, 0.15) is 10.7 Å². The van der Waals surface area contributed by atoms with Crippen molar-refractivity contribution >= 4 is 43.0 Å². The number of anilines is 1. The minimum atomic E-state index is -4.20. The van der Waals surface area contributed by atoms with E-state index in [-0.39, 0.29) is 15.2 Å². The predicted molar refractivity (Wildman–Crippen MR) is 77.0 cm³/mol. The van der Waals surface area contributed by atoms with Crippen LogP contribution in [0, 0.1) is 17.5 Å². The Morgan fingerprint density at radius 1 is 1.24 bits per heavy atom. The van der Waals surface area contributed by atoms with E-state index in [4.69, 9.17) is 5.73 Å². The maximum absolute atomic E-state index is 13.5. The highest BCUT2D eigenvalue weighted by atomic mass is 79.9. The molecule has 0 saturated carbocycles. The van der Waals surface area contributed by atoms with Crippen LogP contribution in [0.25, 0.3) is 0 Å². The third-order valence-electron chi connectivity index (χ3n) is 2.43. The zero-order chi connectivity index (χ0) is 15.8. The van der Waals surface area contributed by atoms with Crippen molar-refractivity contribution in [3.05, 3.63) is 44.3 Å². The van der Waals surface area contributed by atoms with Crippen LogP contribution in [0.4, 0.5) is 18.9 Å². The molecule has 0 amide bonds. The fraction of sp³-hybridized carbons (Fsp3) is 0.0909. The first kappa shape index (κ1) is 16.3. The van der Waals surface area contributed by atoms with Gasteiger partial charge in [0.05, 0.1) is 9.47 Å². The molecule has 4 nitrogen and oxygen atoms in total. The molecular weight excluding hydrogens is 393 g/mol. The number of thiophene rings is 1. The van der Waals surface area contributed by atoms with E-state index in [9.17, 15) is 21.6 Å². The SMILES string of the molecule is NCc1cc(S(=O)(=O)Nc2cc(F)cc(F)c2F)c(Br)s1. The van der Waals surface area contributed by atoms with Gasteiger partial charge in [0.2, 0.25) is 0 Å². The van der Waals surface area contributed by atoms with E-state index in [0.717, 1.165) is 11.3 Å². The fourth-order valence-corrected chi connectivity index (χ4v) is 5.12. The highest BCUT2D eigenvalue weighted by Gasteiger charge is 2.23. The lowest BCUT2D eigenvalue weighted by atomic mass is 10.3. The van der Waals surface area contributed by atoms with Crippen LogP contribution in [0.2, 0.25) is 0 Å². The van der Waals surface area contributed by atoms with Crippen molar-refractivity contribution in [1.29, 1.82) is 0 Å². The van der Waals surface area contributed by atoms with Crippen LogP contribution in [-0.4, -0.2) is 8.42 Å². The molecule has 0 radical (unpaired) electrons. The van der Waals surface area contributed by atoms with Gasteiger partial charge in [-0.1, -0.05) is 0 Å². The zero-order valence-electron chi connectivity index (χ0n) is 10.2. The van der Waals surface area contributed by atoms with Crippen molar-refractivity contribution in [2.45, 2.75) is 11.4 Å². The van der Waals surface area contributed by atoms with E-state index in [1.165, 1.54) is 6.07 Å². The molecule has 3 N–H and O–H groups in total. The second-order valence-corrected chi connectivity index (χ2v) is 8.01. The van der Waals surface area contributed by atoms with Crippen LogP contribution in [0.1, 0.15) is 4.88 Å². The van der Waals surface area contributed by atoms with Crippen LogP contribution in [-0.2, 0) is 16.6 Å². The minimum absolute atomic E-state index is 0.127. The third-order valence-corrected chi connectivity index (χ3v) is 6.07. The lowest BCUT2D eigenvalue weighted by Gasteiger charge is -2.08. The Balaban J connectivity index is 2.44. The van der Waals surface area contributed by atoms with Crippen LogP contribution in [0.3, 0.4) is 0 Å². The number of halogens is 4. The molecule has 0 unspecified atom stereocenters. The number of sulfonamides is 1. The summed E-state index contributed by atoms with van der Waals surface area (Å²) < 4.78 is 66.0. The number of benzene rings is 1. The average Bonchev–Trinajstić information content (AvgIpc) is 2.77. The van der Waals surface area contributed by atoms with E-state index in [0.29, 0.717) is 17.0 Å². The molecule has 1 aromatic heterocycles. The smallest absolute Gasteiger partial charge is 0.263 e.